The predicted molar refractivity (Wildman–Crippen MR) is 145 cm³/mol. The molecule has 10 nitrogen and oxygen atoms in total. The summed E-state index contributed by atoms with van der Waals surface area (Å²) in [6.45, 7) is 6.74. The SMILES string of the molecule is CC(C)[C@@H](C)N(C)Cc1cc(O)c2c(c1Cl)C[C@H]1C[C@H]3[C@H](N(C)C)C(=O)C(C(N)=O)=C(O)[C@@]3(O)C(=O)C1=C2O. The van der Waals surface area contributed by atoms with Crippen LogP contribution >= 0.6 is 11.6 Å². The number of primary amides is 1. The highest BCUT2D eigenvalue weighted by Gasteiger charge is 2.64. The van der Waals surface area contributed by atoms with Crippen molar-refractivity contribution in [2.45, 2.75) is 57.8 Å². The van der Waals surface area contributed by atoms with Crippen molar-refractivity contribution in [1.82, 2.24) is 9.80 Å². The average Bonchev–Trinajstić information content (AvgIpc) is 2.83. The van der Waals surface area contributed by atoms with E-state index in [0.717, 1.165) is 0 Å². The number of aromatic hydroxyl groups is 1. The first-order chi connectivity index (χ1) is 18.0. The lowest BCUT2D eigenvalue weighted by molar-refractivity contribution is -0.153. The smallest absolute Gasteiger partial charge is 0.255 e. The van der Waals surface area contributed by atoms with E-state index in [9.17, 15) is 34.8 Å². The van der Waals surface area contributed by atoms with E-state index in [1.165, 1.54) is 11.0 Å². The maximum atomic E-state index is 13.9. The van der Waals surface area contributed by atoms with Gasteiger partial charge in [0.15, 0.2) is 11.4 Å². The number of rotatable bonds is 6. The lowest BCUT2D eigenvalue weighted by Crippen LogP contribution is -2.65. The molecule has 1 aromatic rings. The van der Waals surface area contributed by atoms with Gasteiger partial charge in [-0.3, -0.25) is 24.2 Å². The summed E-state index contributed by atoms with van der Waals surface area (Å²) >= 11 is 6.84. The number of carbonyl (C=O) groups excluding carboxylic acids is 3. The second-order valence-corrected chi connectivity index (χ2v) is 12.0. The number of nitrogens with zero attached hydrogens (tertiary/aromatic N) is 2. The molecule has 1 saturated carbocycles. The van der Waals surface area contributed by atoms with Gasteiger partial charge in [0.1, 0.15) is 22.8 Å². The van der Waals surface area contributed by atoms with Gasteiger partial charge in [-0.25, -0.2) is 0 Å². The summed E-state index contributed by atoms with van der Waals surface area (Å²) in [5, 5.41) is 45.2. The van der Waals surface area contributed by atoms with E-state index < -0.39 is 58.0 Å². The third-order valence-corrected chi connectivity index (χ3v) is 9.28. The first-order valence-corrected chi connectivity index (χ1v) is 13.3. The number of hydrogen-bond acceptors (Lipinski definition) is 9. The van der Waals surface area contributed by atoms with Crippen molar-refractivity contribution < 1.29 is 34.8 Å². The molecule has 0 unspecified atom stereocenters. The van der Waals surface area contributed by atoms with Crippen LogP contribution in [0.2, 0.25) is 5.02 Å². The minimum atomic E-state index is -2.67. The standard InChI is InChI=1S/C28H36ClN3O7/c1-11(2)12(3)32(6)10-14-9-17(33)19-15(21(14)29)7-13-8-16-22(31(4)5)24(35)20(27(30)38)26(37)28(16,39)25(36)18(13)23(19)34/h9,11-13,16,22,33-34,37,39H,7-8,10H2,1-6H3,(H2,30,38)/t12-,13+,16+,22+,28+/m1/s1. The molecule has 5 atom stereocenters. The van der Waals surface area contributed by atoms with Gasteiger partial charge >= 0.3 is 0 Å². The molecule has 6 N–H and O–H groups in total. The van der Waals surface area contributed by atoms with Crippen LogP contribution in [0.3, 0.4) is 0 Å². The quantitative estimate of drug-likeness (QED) is 0.327. The van der Waals surface area contributed by atoms with Gasteiger partial charge < -0.3 is 26.2 Å². The van der Waals surface area contributed by atoms with Gasteiger partial charge in [-0.2, -0.15) is 0 Å². The first kappa shape index (κ1) is 29.1. The molecule has 0 bridgehead atoms. The van der Waals surface area contributed by atoms with Crippen LogP contribution in [-0.4, -0.2) is 86.5 Å². The van der Waals surface area contributed by atoms with E-state index in [2.05, 4.69) is 25.7 Å². The molecule has 1 fully saturated rings. The van der Waals surface area contributed by atoms with Gasteiger partial charge in [-0.1, -0.05) is 25.4 Å². The third kappa shape index (κ3) is 4.25. The van der Waals surface area contributed by atoms with Crippen LogP contribution in [0.4, 0.5) is 0 Å². The van der Waals surface area contributed by atoms with Crippen LogP contribution in [0.25, 0.3) is 5.76 Å². The van der Waals surface area contributed by atoms with E-state index in [4.69, 9.17) is 17.3 Å². The highest BCUT2D eigenvalue weighted by Crippen LogP contribution is 2.53. The average molecular weight is 562 g/mol. The van der Waals surface area contributed by atoms with Crippen LogP contribution in [0.5, 0.6) is 5.75 Å². The van der Waals surface area contributed by atoms with Crippen molar-refractivity contribution in [3.05, 3.63) is 44.7 Å². The summed E-state index contributed by atoms with van der Waals surface area (Å²) < 4.78 is 0. The number of likely N-dealkylation sites (N-methyl/N-ethyl adjacent to an activating group) is 1. The summed E-state index contributed by atoms with van der Waals surface area (Å²) in [4.78, 5) is 42.7. The predicted octanol–water partition coefficient (Wildman–Crippen LogP) is 2.09. The number of fused-ring (bicyclic) bond motifs is 3. The fourth-order valence-corrected chi connectivity index (χ4v) is 6.67. The van der Waals surface area contributed by atoms with Crippen LogP contribution in [0.15, 0.2) is 23.0 Å². The van der Waals surface area contributed by atoms with Crippen LogP contribution < -0.4 is 5.73 Å². The summed E-state index contributed by atoms with van der Waals surface area (Å²) in [5.41, 5.74) is 2.74. The number of aliphatic hydroxyl groups excluding tert-OH is 2. The van der Waals surface area contributed by atoms with Crippen molar-refractivity contribution in [3.63, 3.8) is 0 Å². The number of carbonyl (C=O) groups is 3. The molecule has 0 spiro atoms. The molecule has 3 aliphatic carbocycles. The molecule has 0 aliphatic heterocycles. The fraction of sp³-hybridized carbons (Fsp3) is 0.536. The number of phenolic OH excluding ortho intramolecular Hbond substituents is 1. The maximum absolute atomic E-state index is 13.9. The Morgan fingerprint density at radius 2 is 1.79 bits per heavy atom. The fourth-order valence-electron chi connectivity index (χ4n) is 6.38. The third-order valence-electron chi connectivity index (χ3n) is 8.81. The minimum absolute atomic E-state index is 0.0113. The van der Waals surface area contributed by atoms with Crippen LogP contribution in [-0.2, 0) is 27.3 Å². The van der Waals surface area contributed by atoms with Crippen molar-refractivity contribution >= 4 is 34.8 Å². The normalized spacial score (nSPS) is 27.7. The van der Waals surface area contributed by atoms with E-state index in [1.54, 1.807) is 14.1 Å². The van der Waals surface area contributed by atoms with Gasteiger partial charge in [-0.15, -0.1) is 0 Å². The highest BCUT2D eigenvalue weighted by molar-refractivity contribution is 6.32. The summed E-state index contributed by atoms with van der Waals surface area (Å²) in [6, 6.07) is 0.547. The molecule has 0 aromatic heterocycles. The monoisotopic (exact) mass is 561 g/mol. The zero-order chi connectivity index (χ0) is 29.3. The van der Waals surface area contributed by atoms with Gasteiger partial charge in [0, 0.05) is 29.1 Å². The summed E-state index contributed by atoms with van der Waals surface area (Å²) in [7, 11) is 5.07. The van der Waals surface area contributed by atoms with Crippen LogP contribution in [0.1, 0.15) is 43.9 Å². The molecule has 11 heteroatoms. The van der Waals surface area contributed by atoms with Gasteiger partial charge in [0.25, 0.3) is 5.91 Å². The minimum Gasteiger partial charge on any atom is -0.508 e. The molecule has 0 heterocycles. The first-order valence-electron chi connectivity index (χ1n) is 12.9. The Hall–Kier alpha value is -2.92. The van der Waals surface area contributed by atoms with E-state index in [0.29, 0.717) is 28.6 Å². The summed E-state index contributed by atoms with van der Waals surface area (Å²) in [6.07, 6.45) is 0.162. The van der Waals surface area contributed by atoms with Gasteiger partial charge in [0.2, 0.25) is 5.78 Å². The molecule has 212 valence electrons. The molecule has 4 rings (SSSR count). The largest absolute Gasteiger partial charge is 0.508 e. The molecule has 1 aromatic carbocycles. The highest BCUT2D eigenvalue weighted by atomic mass is 35.5. The zero-order valence-corrected chi connectivity index (χ0v) is 23.7. The number of aliphatic hydroxyl groups is 3. The Kier molecular flexibility index (Phi) is 7.40. The second kappa shape index (κ2) is 9.92. The number of phenols is 1. The number of ketones is 2. The van der Waals surface area contributed by atoms with Gasteiger partial charge in [0.05, 0.1) is 11.6 Å². The van der Waals surface area contributed by atoms with Crippen molar-refractivity contribution in [1.29, 1.82) is 0 Å². The molecule has 39 heavy (non-hydrogen) atoms. The van der Waals surface area contributed by atoms with Crippen molar-refractivity contribution in [2.24, 2.45) is 23.5 Å². The van der Waals surface area contributed by atoms with E-state index >= 15 is 0 Å². The van der Waals surface area contributed by atoms with Crippen molar-refractivity contribution in [2.75, 3.05) is 21.1 Å². The number of halogens is 1. The Morgan fingerprint density at radius 1 is 1.18 bits per heavy atom. The number of benzene rings is 1. The molecule has 0 radical (unpaired) electrons. The molecule has 3 aliphatic rings. The Balaban J connectivity index is 1.87. The number of Topliss-reactive ketones (excluding diaryl/α,β-unsaturated/α-hetero) is 2. The Bertz CT molecular complexity index is 1330. The Labute approximate surface area is 232 Å². The number of nitrogens with two attached hydrogens (primary N) is 1. The molecule has 0 saturated heterocycles. The molecular weight excluding hydrogens is 526 g/mol. The molecule has 1 amide bonds. The lowest BCUT2D eigenvalue weighted by Gasteiger charge is -2.50. The van der Waals surface area contributed by atoms with E-state index in [-0.39, 0.29) is 35.8 Å². The summed E-state index contributed by atoms with van der Waals surface area (Å²) in [5.74, 6) is -6.48. The zero-order valence-electron chi connectivity index (χ0n) is 22.9. The van der Waals surface area contributed by atoms with E-state index in [1.807, 2.05) is 7.05 Å². The number of hydrogen-bond donors (Lipinski definition) is 5. The maximum Gasteiger partial charge on any atom is 0.255 e. The number of amides is 1. The lowest BCUT2D eigenvalue weighted by atomic mass is 9.57. The van der Waals surface area contributed by atoms with Crippen molar-refractivity contribution in [3.8, 4) is 5.75 Å². The van der Waals surface area contributed by atoms with Gasteiger partial charge in [-0.05, 0) is 69.9 Å². The second-order valence-electron chi connectivity index (χ2n) is 11.6. The topological polar surface area (TPSA) is 165 Å². The van der Waals surface area contributed by atoms with Crippen LogP contribution in [0, 0.1) is 17.8 Å². The molecular formula is C28H36ClN3O7. The Morgan fingerprint density at radius 3 is 2.33 bits per heavy atom.